The average Bonchev–Trinajstić information content (AvgIpc) is 2.37. The van der Waals surface area contributed by atoms with E-state index < -0.39 is 12.1 Å². The molecule has 1 aromatic rings. The Kier molecular flexibility index (Phi) is 5.37. The van der Waals surface area contributed by atoms with E-state index in [1.807, 2.05) is 0 Å². The molecule has 96 valence electrons. The molecule has 1 aromatic heterocycles. The van der Waals surface area contributed by atoms with Gasteiger partial charge in [-0.1, -0.05) is 18.7 Å². The summed E-state index contributed by atoms with van der Waals surface area (Å²) in [5.74, 6) is -1.06. The summed E-state index contributed by atoms with van der Waals surface area (Å²) < 4.78 is 4.72. The van der Waals surface area contributed by atoms with Crippen molar-refractivity contribution in [3.05, 3.63) is 42.2 Å². The zero-order chi connectivity index (χ0) is 13.4. The van der Waals surface area contributed by atoms with Gasteiger partial charge in [-0.2, -0.15) is 0 Å². The van der Waals surface area contributed by atoms with Crippen molar-refractivity contribution in [2.45, 2.75) is 6.42 Å². The third-order valence-electron chi connectivity index (χ3n) is 2.06. The number of rotatable bonds is 6. The summed E-state index contributed by atoms with van der Waals surface area (Å²) in [6.45, 7) is 3.98. The quantitative estimate of drug-likeness (QED) is 0.741. The molecule has 0 aliphatic rings. The maximum Gasteiger partial charge on any atom is 0.407 e. The first-order valence-corrected chi connectivity index (χ1v) is 5.33. The summed E-state index contributed by atoms with van der Waals surface area (Å²) in [5, 5.41) is 11.2. The van der Waals surface area contributed by atoms with Gasteiger partial charge in [-0.25, -0.2) is 14.6 Å². The van der Waals surface area contributed by atoms with Gasteiger partial charge in [0.1, 0.15) is 12.3 Å². The second kappa shape index (κ2) is 7.05. The maximum absolute atomic E-state index is 11.1. The maximum atomic E-state index is 11.1. The molecule has 0 saturated carbocycles. The van der Waals surface area contributed by atoms with Crippen molar-refractivity contribution in [3.63, 3.8) is 0 Å². The van der Waals surface area contributed by atoms with Gasteiger partial charge in [0.25, 0.3) is 0 Å². The van der Waals surface area contributed by atoms with Crippen molar-refractivity contribution < 1.29 is 19.4 Å². The van der Waals surface area contributed by atoms with E-state index in [1.165, 1.54) is 18.3 Å². The molecule has 0 fully saturated rings. The topological polar surface area (TPSA) is 88.5 Å². The molecule has 18 heavy (non-hydrogen) atoms. The number of carboxylic acid groups (broad SMARTS) is 1. The van der Waals surface area contributed by atoms with Crippen molar-refractivity contribution in [3.8, 4) is 0 Å². The lowest BCUT2D eigenvalue weighted by molar-refractivity contribution is 0.0690. The highest BCUT2D eigenvalue weighted by molar-refractivity contribution is 5.85. The van der Waals surface area contributed by atoms with Crippen LogP contribution in [-0.2, 0) is 11.2 Å². The van der Waals surface area contributed by atoms with Gasteiger partial charge in [-0.05, 0) is 18.1 Å². The van der Waals surface area contributed by atoms with Crippen LogP contribution in [0.5, 0.6) is 0 Å². The SMILES string of the molecule is C=CCOC(=O)NCCc1ccc(C(=O)O)nc1. The number of hydrogen-bond acceptors (Lipinski definition) is 4. The fourth-order valence-corrected chi connectivity index (χ4v) is 1.19. The molecule has 0 aliphatic carbocycles. The van der Waals surface area contributed by atoms with E-state index in [9.17, 15) is 9.59 Å². The average molecular weight is 250 g/mol. The Morgan fingerprint density at radius 3 is 2.83 bits per heavy atom. The van der Waals surface area contributed by atoms with Gasteiger partial charge in [0, 0.05) is 12.7 Å². The number of hydrogen-bond donors (Lipinski definition) is 2. The number of carbonyl (C=O) groups is 2. The number of carboxylic acids is 1. The van der Waals surface area contributed by atoms with Crippen LogP contribution < -0.4 is 5.32 Å². The molecule has 0 aromatic carbocycles. The smallest absolute Gasteiger partial charge is 0.407 e. The number of aromatic carboxylic acids is 1. The number of carbonyl (C=O) groups excluding carboxylic acids is 1. The molecule has 0 aliphatic heterocycles. The molecular weight excluding hydrogens is 236 g/mol. The Bertz CT molecular complexity index is 428. The van der Waals surface area contributed by atoms with E-state index in [2.05, 4.69) is 16.9 Å². The molecular formula is C12H14N2O4. The lowest BCUT2D eigenvalue weighted by Crippen LogP contribution is -2.26. The summed E-state index contributed by atoms with van der Waals surface area (Å²) >= 11 is 0. The van der Waals surface area contributed by atoms with E-state index in [1.54, 1.807) is 6.07 Å². The minimum atomic E-state index is -1.06. The fourth-order valence-electron chi connectivity index (χ4n) is 1.19. The first kappa shape index (κ1) is 13.7. The highest BCUT2D eigenvalue weighted by Crippen LogP contribution is 2.00. The van der Waals surface area contributed by atoms with E-state index in [-0.39, 0.29) is 12.3 Å². The second-order valence-electron chi connectivity index (χ2n) is 3.42. The number of pyridine rings is 1. The third-order valence-corrected chi connectivity index (χ3v) is 2.06. The van der Waals surface area contributed by atoms with Gasteiger partial charge in [-0.3, -0.25) is 0 Å². The monoisotopic (exact) mass is 250 g/mol. The first-order chi connectivity index (χ1) is 8.63. The highest BCUT2D eigenvalue weighted by atomic mass is 16.5. The summed E-state index contributed by atoms with van der Waals surface area (Å²) in [7, 11) is 0. The number of amides is 1. The lowest BCUT2D eigenvalue weighted by Gasteiger charge is -2.05. The van der Waals surface area contributed by atoms with Gasteiger partial charge >= 0.3 is 12.1 Å². The summed E-state index contributed by atoms with van der Waals surface area (Å²) in [4.78, 5) is 25.4. The number of nitrogens with zero attached hydrogens (tertiary/aromatic N) is 1. The number of nitrogens with one attached hydrogen (secondary N) is 1. The highest BCUT2D eigenvalue weighted by Gasteiger charge is 2.04. The predicted molar refractivity (Wildman–Crippen MR) is 64.4 cm³/mol. The largest absolute Gasteiger partial charge is 0.477 e. The number of alkyl carbamates (subject to hydrolysis) is 1. The molecule has 0 atom stereocenters. The Morgan fingerprint density at radius 2 is 2.28 bits per heavy atom. The molecule has 1 rings (SSSR count). The fraction of sp³-hybridized carbons (Fsp3) is 0.250. The summed E-state index contributed by atoms with van der Waals surface area (Å²) in [6.07, 6.45) is 3.00. The normalized spacial score (nSPS) is 9.56. The van der Waals surface area contributed by atoms with Crippen LogP contribution in [0.15, 0.2) is 31.0 Å². The second-order valence-corrected chi connectivity index (χ2v) is 3.42. The van der Waals surface area contributed by atoms with Crippen LogP contribution in [-0.4, -0.2) is 35.3 Å². The van der Waals surface area contributed by atoms with Crippen LogP contribution in [0.2, 0.25) is 0 Å². The minimum absolute atomic E-state index is 0.00268. The molecule has 6 nitrogen and oxygen atoms in total. The standard InChI is InChI=1S/C12H14N2O4/c1-2-7-18-12(17)13-6-5-9-3-4-10(11(15)16)14-8-9/h2-4,8H,1,5-7H2,(H,13,17)(H,15,16). The Hall–Kier alpha value is -2.37. The van der Waals surface area contributed by atoms with Gasteiger partial charge in [0.15, 0.2) is 0 Å². The summed E-state index contributed by atoms with van der Waals surface area (Å²) in [5.41, 5.74) is 0.834. The zero-order valence-corrected chi connectivity index (χ0v) is 9.76. The van der Waals surface area contributed by atoms with Crippen molar-refractivity contribution in [1.29, 1.82) is 0 Å². The van der Waals surface area contributed by atoms with Crippen LogP contribution in [0.3, 0.4) is 0 Å². The van der Waals surface area contributed by atoms with E-state index in [4.69, 9.17) is 9.84 Å². The predicted octanol–water partition coefficient (Wildman–Crippen LogP) is 1.23. The number of aromatic nitrogens is 1. The molecule has 0 radical (unpaired) electrons. The molecule has 1 amide bonds. The van der Waals surface area contributed by atoms with Crippen molar-refractivity contribution in [2.24, 2.45) is 0 Å². The van der Waals surface area contributed by atoms with Crippen molar-refractivity contribution in [2.75, 3.05) is 13.2 Å². The number of ether oxygens (including phenoxy) is 1. The molecule has 0 unspecified atom stereocenters. The van der Waals surface area contributed by atoms with Crippen LogP contribution in [0.4, 0.5) is 4.79 Å². The first-order valence-electron chi connectivity index (χ1n) is 5.33. The van der Waals surface area contributed by atoms with Crippen LogP contribution in [0.1, 0.15) is 16.1 Å². The van der Waals surface area contributed by atoms with Crippen LogP contribution in [0, 0.1) is 0 Å². The zero-order valence-electron chi connectivity index (χ0n) is 9.76. The van der Waals surface area contributed by atoms with Crippen molar-refractivity contribution >= 4 is 12.1 Å². The third kappa shape index (κ3) is 4.65. The van der Waals surface area contributed by atoms with E-state index >= 15 is 0 Å². The lowest BCUT2D eigenvalue weighted by atomic mass is 10.2. The van der Waals surface area contributed by atoms with Crippen molar-refractivity contribution in [1.82, 2.24) is 10.3 Å². The van der Waals surface area contributed by atoms with Gasteiger partial charge in [-0.15, -0.1) is 0 Å². The van der Waals surface area contributed by atoms with Gasteiger partial charge in [0.05, 0.1) is 0 Å². The Morgan fingerprint density at radius 1 is 1.50 bits per heavy atom. The minimum Gasteiger partial charge on any atom is -0.477 e. The molecule has 6 heteroatoms. The van der Waals surface area contributed by atoms with Gasteiger partial charge < -0.3 is 15.2 Å². The van der Waals surface area contributed by atoms with E-state index in [0.29, 0.717) is 13.0 Å². The Balaban J connectivity index is 2.33. The van der Waals surface area contributed by atoms with E-state index in [0.717, 1.165) is 5.56 Å². The molecule has 2 N–H and O–H groups in total. The Labute approximate surface area is 104 Å². The molecule has 0 bridgehead atoms. The molecule has 0 spiro atoms. The van der Waals surface area contributed by atoms with Gasteiger partial charge in [0.2, 0.25) is 0 Å². The molecule has 0 saturated heterocycles. The molecule has 1 heterocycles. The van der Waals surface area contributed by atoms with Crippen LogP contribution >= 0.6 is 0 Å². The van der Waals surface area contributed by atoms with Crippen LogP contribution in [0.25, 0.3) is 0 Å². The summed E-state index contributed by atoms with van der Waals surface area (Å²) in [6, 6.07) is 3.08.